The molecule has 0 bridgehead atoms. The summed E-state index contributed by atoms with van der Waals surface area (Å²) in [4.78, 5) is 20.7. The second-order valence-electron chi connectivity index (χ2n) is 14.6. The van der Waals surface area contributed by atoms with Gasteiger partial charge >= 0.3 is 0 Å². The summed E-state index contributed by atoms with van der Waals surface area (Å²) >= 11 is 0. The first-order valence-corrected chi connectivity index (χ1v) is 19.6. The molecule has 58 heavy (non-hydrogen) atoms. The van der Waals surface area contributed by atoms with Crippen molar-refractivity contribution in [3.8, 4) is 67.7 Å². The number of benzene rings is 9. The normalized spacial score (nSPS) is 11.4. The number of fused-ring (bicyclic) bond motifs is 6. The minimum atomic E-state index is 0.610. The summed E-state index contributed by atoms with van der Waals surface area (Å²) in [5.41, 5.74) is 10.1. The molecule has 4 nitrogen and oxygen atoms in total. The second-order valence-corrected chi connectivity index (χ2v) is 14.6. The van der Waals surface area contributed by atoms with Gasteiger partial charge in [-0.05, 0) is 68.1 Å². The van der Waals surface area contributed by atoms with Crippen LogP contribution in [0, 0.1) is 0 Å². The zero-order valence-electron chi connectivity index (χ0n) is 31.4. The van der Waals surface area contributed by atoms with E-state index in [1.54, 1.807) is 0 Å². The fourth-order valence-electron chi connectivity index (χ4n) is 8.26. The first-order valence-electron chi connectivity index (χ1n) is 19.6. The molecular weight excluding hydrogens is 705 g/mol. The largest absolute Gasteiger partial charge is 0.247 e. The lowest BCUT2D eigenvalue weighted by Crippen LogP contribution is -2.00. The fourth-order valence-corrected chi connectivity index (χ4v) is 8.26. The number of hydrogen-bond donors (Lipinski definition) is 0. The van der Waals surface area contributed by atoms with Gasteiger partial charge in [-0.2, -0.15) is 0 Å². The first-order chi connectivity index (χ1) is 28.7. The lowest BCUT2D eigenvalue weighted by atomic mass is 9.91. The zero-order chi connectivity index (χ0) is 38.4. The smallest absolute Gasteiger partial charge is 0.164 e. The molecule has 0 saturated heterocycles. The molecule has 0 unspecified atom stereocenters. The minimum Gasteiger partial charge on any atom is -0.247 e. The number of hydrogen-bond acceptors (Lipinski definition) is 4. The van der Waals surface area contributed by atoms with Crippen LogP contribution in [0.1, 0.15) is 0 Å². The molecule has 270 valence electrons. The highest BCUT2D eigenvalue weighted by Crippen LogP contribution is 2.40. The monoisotopic (exact) mass is 738 g/mol. The number of aromatic nitrogens is 4. The van der Waals surface area contributed by atoms with Crippen molar-refractivity contribution < 1.29 is 0 Å². The third-order valence-electron chi connectivity index (χ3n) is 11.1. The van der Waals surface area contributed by atoms with Gasteiger partial charge in [-0.3, -0.25) is 0 Å². The number of pyridine rings is 1. The lowest BCUT2D eigenvalue weighted by Gasteiger charge is -2.15. The van der Waals surface area contributed by atoms with E-state index < -0.39 is 0 Å². The second kappa shape index (κ2) is 14.0. The molecular formula is C54H34N4. The van der Waals surface area contributed by atoms with Crippen molar-refractivity contribution in [2.45, 2.75) is 0 Å². The van der Waals surface area contributed by atoms with E-state index in [0.717, 1.165) is 66.5 Å². The Balaban J connectivity index is 1.17. The van der Waals surface area contributed by atoms with Crippen molar-refractivity contribution in [3.05, 3.63) is 206 Å². The van der Waals surface area contributed by atoms with Crippen molar-refractivity contribution in [1.29, 1.82) is 0 Å². The number of rotatable bonds is 6. The van der Waals surface area contributed by atoms with Gasteiger partial charge in [0.05, 0.1) is 11.2 Å². The van der Waals surface area contributed by atoms with Crippen LogP contribution in [-0.2, 0) is 0 Å². The van der Waals surface area contributed by atoms with Gasteiger partial charge in [-0.15, -0.1) is 0 Å². The molecule has 2 aromatic heterocycles. The Kier molecular flexibility index (Phi) is 8.11. The van der Waals surface area contributed by atoms with Crippen LogP contribution in [0.15, 0.2) is 206 Å². The quantitative estimate of drug-likeness (QED) is 0.159. The maximum atomic E-state index is 5.43. The van der Waals surface area contributed by atoms with E-state index >= 15 is 0 Å². The first kappa shape index (κ1) is 33.5. The van der Waals surface area contributed by atoms with Gasteiger partial charge in [-0.25, -0.2) is 19.9 Å². The maximum absolute atomic E-state index is 5.43. The summed E-state index contributed by atoms with van der Waals surface area (Å²) in [7, 11) is 0. The molecule has 0 aliphatic carbocycles. The molecule has 0 saturated carbocycles. The molecule has 4 heteroatoms. The molecule has 0 spiro atoms. The Labute approximate surface area is 335 Å². The Hall–Kier alpha value is -7.82. The Morgan fingerprint density at radius 1 is 0.259 bits per heavy atom. The minimum absolute atomic E-state index is 0.610. The van der Waals surface area contributed by atoms with E-state index in [0.29, 0.717) is 17.5 Å². The van der Waals surface area contributed by atoms with Crippen LogP contribution in [-0.4, -0.2) is 19.9 Å². The van der Waals surface area contributed by atoms with E-state index in [4.69, 9.17) is 19.9 Å². The van der Waals surface area contributed by atoms with Gasteiger partial charge in [0, 0.05) is 38.4 Å². The third kappa shape index (κ3) is 5.96. The van der Waals surface area contributed by atoms with Gasteiger partial charge in [0.2, 0.25) is 0 Å². The zero-order valence-corrected chi connectivity index (χ0v) is 31.4. The van der Waals surface area contributed by atoms with Crippen LogP contribution in [0.5, 0.6) is 0 Å². The van der Waals surface area contributed by atoms with Crippen LogP contribution in [0.25, 0.3) is 111 Å². The van der Waals surface area contributed by atoms with E-state index in [2.05, 4.69) is 146 Å². The number of nitrogens with zero attached hydrogens (tertiary/aromatic N) is 4. The lowest BCUT2D eigenvalue weighted by molar-refractivity contribution is 1.07. The standard InChI is InChI=1S/C54H34N4/c1-4-17-37(18-5-1)51-48-30-27-36-16-11-13-25-46(36)50(48)47-29-28-40(34-49(47)55-51)41-31-42(45-26-14-23-35-15-10-12-24-44(35)45)33-43(32-41)54-57-52(38-19-6-2-7-20-38)56-53(58-54)39-21-8-3-9-22-39/h1-34H. The van der Waals surface area contributed by atoms with Crippen LogP contribution >= 0.6 is 0 Å². The van der Waals surface area contributed by atoms with Crippen molar-refractivity contribution in [1.82, 2.24) is 19.9 Å². The van der Waals surface area contributed by atoms with Crippen LogP contribution in [0.2, 0.25) is 0 Å². The van der Waals surface area contributed by atoms with E-state index in [9.17, 15) is 0 Å². The molecule has 0 radical (unpaired) electrons. The van der Waals surface area contributed by atoms with Crippen LogP contribution in [0.3, 0.4) is 0 Å². The van der Waals surface area contributed by atoms with Crippen LogP contribution < -0.4 is 0 Å². The fraction of sp³-hybridized carbons (Fsp3) is 0. The maximum Gasteiger partial charge on any atom is 0.164 e. The topological polar surface area (TPSA) is 51.6 Å². The van der Waals surface area contributed by atoms with Crippen molar-refractivity contribution in [2.75, 3.05) is 0 Å². The highest BCUT2D eigenvalue weighted by Gasteiger charge is 2.18. The Morgan fingerprint density at radius 2 is 0.776 bits per heavy atom. The Morgan fingerprint density at radius 3 is 1.47 bits per heavy atom. The average Bonchev–Trinajstić information content (AvgIpc) is 3.31. The summed E-state index contributed by atoms with van der Waals surface area (Å²) in [5.74, 6) is 1.87. The molecule has 11 aromatic rings. The Bertz CT molecular complexity index is 3260. The SMILES string of the molecule is c1ccc(-c2nc(-c3ccccc3)nc(-c3cc(-c4ccc5c(c4)nc(-c4ccccc4)c4ccc6ccccc6c45)cc(-c4cccc5ccccc45)c3)n2)cc1. The molecule has 9 aromatic carbocycles. The predicted octanol–water partition coefficient (Wildman–Crippen LogP) is 13.9. The van der Waals surface area contributed by atoms with Crippen molar-refractivity contribution in [3.63, 3.8) is 0 Å². The molecule has 0 aliphatic heterocycles. The predicted molar refractivity (Wildman–Crippen MR) is 240 cm³/mol. The molecule has 11 rings (SSSR count). The summed E-state index contributed by atoms with van der Waals surface area (Å²) in [5, 5.41) is 8.28. The van der Waals surface area contributed by atoms with Crippen LogP contribution in [0.4, 0.5) is 0 Å². The summed E-state index contributed by atoms with van der Waals surface area (Å²) in [6, 6.07) is 72.4. The van der Waals surface area contributed by atoms with Crippen molar-refractivity contribution >= 4 is 43.2 Å². The summed E-state index contributed by atoms with van der Waals surface area (Å²) in [6.07, 6.45) is 0. The molecule has 0 aliphatic rings. The van der Waals surface area contributed by atoms with E-state index in [1.807, 2.05) is 60.7 Å². The van der Waals surface area contributed by atoms with Gasteiger partial charge in [0.15, 0.2) is 17.5 Å². The van der Waals surface area contributed by atoms with Gasteiger partial charge < -0.3 is 0 Å². The van der Waals surface area contributed by atoms with Crippen molar-refractivity contribution in [2.24, 2.45) is 0 Å². The highest BCUT2D eigenvalue weighted by molar-refractivity contribution is 6.22. The van der Waals surface area contributed by atoms with E-state index in [1.165, 1.54) is 26.9 Å². The molecule has 0 amide bonds. The molecule has 0 N–H and O–H groups in total. The van der Waals surface area contributed by atoms with Gasteiger partial charge in [0.1, 0.15) is 0 Å². The summed E-state index contributed by atoms with van der Waals surface area (Å²) in [6.45, 7) is 0. The molecule has 0 fully saturated rings. The van der Waals surface area contributed by atoms with E-state index in [-0.39, 0.29) is 0 Å². The molecule has 2 heterocycles. The van der Waals surface area contributed by atoms with Gasteiger partial charge in [0.25, 0.3) is 0 Å². The summed E-state index contributed by atoms with van der Waals surface area (Å²) < 4.78 is 0. The van der Waals surface area contributed by atoms with Gasteiger partial charge in [-0.1, -0.05) is 182 Å². The molecule has 0 atom stereocenters. The highest BCUT2D eigenvalue weighted by atomic mass is 15.0. The third-order valence-corrected chi connectivity index (χ3v) is 11.1. The average molecular weight is 739 g/mol.